The number of nitrogens with one attached hydrogen (secondary N) is 1. The Morgan fingerprint density at radius 3 is 2.85 bits per heavy atom. The average molecular weight is 364 g/mol. The van der Waals surface area contributed by atoms with Crippen LogP contribution >= 0.6 is 0 Å². The van der Waals surface area contributed by atoms with Gasteiger partial charge < -0.3 is 15.0 Å². The summed E-state index contributed by atoms with van der Waals surface area (Å²) in [6.45, 7) is 2.47. The Kier molecular flexibility index (Phi) is 4.35. The molecule has 0 saturated carbocycles. The highest BCUT2D eigenvalue weighted by atomic mass is 16.4. The summed E-state index contributed by atoms with van der Waals surface area (Å²) in [6, 6.07) is 11.2. The molecule has 27 heavy (non-hydrogen) atoms. The maximum absolute atomic E-state index is 12.8. The number of carbonyl (C=O) groups excluding carboxylic acids is 1. The molecule has 1 fully saturated rings. The Morgan fingerprint density at radius 2 is 2.11 bits per heavy atom. The SMILES string of the molecule is Cc1nc2ccc(CC(=O)N3C[C@@H](C(=O)O)[C@H](c4ccccn4)C3)cc2[nH]1. The van der Waals surface area contributed by atoms with Gasteiger partial charge in [0.15, 0.2) is 0 Å². The molecule has 0 radical (unpaired) electrons. The quantitative estimate of drug-likeness (QED) is 0.739. The van der Waals surface area contributed by atoms with Crippen LogP contribution in [-0.2, 0) is 16.0 Å². The molecular weight excluding hydrogens is 344 g/mol. The lowest BCUT2D eigenvalue weighted by molar-refractivity contribution is -0.141. The van der Waals surface area contributed by atoms with Gasteiger partial charge in [-0.25, -0.2) is 4.98 Å². The maximum atomic E-state index is 12.8. The zero-order chi connectivity index (χ0) is 19.0. The number of pyridine rings is 1. The maximum Gasteiger partial charge on any atom is 0.309 e. The van der Waals surface area contributed by atoms with Gasteiger partial charge in [0.2, 0.25) is 5.91 Å². The fourth-order valence-electron chi connectivity index (χ4n) is 3.73. The van der Waals surface area contributed by atoms with Gasteiger partial charge >= 0.3 is 5.97 Å². The molecule has 0 spiro atoms. The van der Waals surface area contributed by atoms with Crippen LogP contribution < -0.4 is 0 Å². The number of rotatable bonds is 4. The predicted molar refractivity (Wildman–Crippen MR) is 99.2 cm³/mol. The summed E-state index contributed by atoms with van der Waals surface area (Å²) in [6.07, 6.45) is 1.88. The molecule has 1 saturated heterocycles. The second-order valence-electron chi connectivity index (χ2n) is 6.96. The molecule has 0 unspecified atom stereocenters. The topological polar surface area (TPSA) is 99.2 Å². The molecule has 0 bridgehead atoms. The second-order valence-corrected chi connectivity index (χ2v) is 6.96. The monoisotopic (exact) mass is 364 g/mol. The molecule has 2 N–H and O–H groups in total. The number of likely N-dealkylation sites (tertiary alicyclic amines) is 1. The molecule has 3 aromatic rings. The van der Waals surface area contributed by atoms with E-state index < -0.39 is 11.9 Å². The minimum atomic E-state index is -0.893. The van der Waals surface area contributed by atoms with Gasteiger partial charge in [0.05, 0.1) is 23.4 Å². The lowest BCUT2D eigenvalue weighted by Crippen LogP contribution is -2.31. The van der Waals surface area contributed by atoms with Crippen molar-refractivity contribution in [2.45, 2.75) is 19.3 Å². The minimum Gasteiger partial charge on any atom is -0.481 e. The van der Waals surface area contributed by atoms with E-state index in [0.29, 0.717) is 6.54 Å². The van der Waals surface area contributed by atoms with Crippen LogP contribution in [0, 0.1) is 12.8 Å². The van der Waals surface area contributed by atoms with Crippen molar-refractivity contribution in [1.82, 2.24) is 19.9 Å². The number of aromatic amines is 1. The number of amides is 1. The third-order valence-corrected chi connectivity index (χ3v) is 5.08. The number of aryl methyl sites for hydroxylation is 1. The van der Waals surface area contributed by atoms with E-state index in [1.54, 1.807) is 17.2 Å². The van der Waals surface area contributed by atoms with Crippen LogP contribution in [-0.4, -0.2) is 49.9 Å². The number of carboxylic acid groups (broad SMARTS) is 1. The van der Waals surface area contributed by atoms with Gasteiger partial charge in [0, 0.05) is 30.9 Å². The summed E-state index contributed by atoms with van der Waals surface area (Å²) >= 11 is 0. The van der Waals surface area contributed by atoms with E-state index >= 15 is 0 Å². The van der Waals surface area contributed by atoms with E-state index in [1.165, 1.54) is 0 Å². The van der Waals surface area contributed by atoms with Crippen molar-refractivity contribution in [3.05, 3.63) is 59.7 Å². The van der Waals surface area contributed by atoms with Crippen LogP contribution in [0.1, 0.15) is 23.0 Å². The summed E-state index contributed by atoms with van der Waals surface area (Å²) in [5, 5.41) is 9.58. The Morgan fingerprint density at radius 1 is 1.26 bits per heavy atom. The largest absolute Gasteiger partial charge is 0.481 e. The van der Waals surface area contributed by atoms with Gasteiger partial charge in [-0.3, -0.25) is 14.6 Å². The minimum absolute atomic E-state index is 0.0738. The number of H-pyrrole nitrogens is 1. The van der Waals surface area contributed by atoms with E-state index in [1.807, 2.05) is 37.3 Å². The Hall–Kier alpha value is -3.22. The van der Waals surface area contributed by atoms with Crippen molar-refractivity contribution in [2.24, 2.45) is 5.92 Å². The van der Waals surface area contributed by atoms with Crippen molar-refractivity contribution in [3.8, 4) is 0 Å². The number of hydrogen-bond donors (Lipinski definition) is 2. The average Bonchev–Trinajstić information content (AvgIpc) is 3.25. The van der Waals surface area contributed by atoms with E-state index in [-0.39, 0.29) is 24.8 Å². The van der Waals surface area contributed by atoms with E-state index in [2.05, 4.69) is 15.0 Å². The fraction of sp³-hybridized carbons (Fsp3) is 0.300. The standard InChI is InChI=1S/C20H20N4O3/c1-12-22-17-6-5-13(8-18(17)23-12)9-19(25)24-10-14(15(11-24)20(26)27)16-4-2-3-7-21-16/h2-8,14-15H,9-11H2,1H3,(H,22,23)(H,26,27)/t14-,15-/m1/s1. The van der Waals surface area contributed by atoms with Crippen LogP contribution in [0.2, 0.25) is 0 Å². The number of carboxylic acids is 1. The summed E-state index contributed by atoms with van der Waals surface area (Å²) in [5.74, 6) is -1.06. The van der Waals surface area contributed by atoms with Crippen LogP contribution in [0.25, 0.3) is 11.0 Å². The molecule has 4 rings (SSSR count). The molecule has 1 aromatic carbocycles. The van der Waals surface area contributed by atoms with Crippen molar-refractivity contribution in [1.29, 1.82) is 0 Å². The van der Waals surface area contributed by atoms with E-state index in [4.69, 9.17) is 0 Å². The summed E-state index contributed by atoms with van der Waals surface area (Å²) in [7, 11) is 0. The van der Waals surface area contributed by atoms with Gasteiger partial charge in [-0.05, 0) is 36.8 Å². The first-order chi connectivity index (χ1) is 13.0. The van der Waals surface area contributed by atoms with Crippen LogP contribution in [0.3, 0.4) is 0 Å². The van der Waals surface area contributed by atoms with Crippen LogP contribution in [0.4, 0.5) is 0 Å². The molecule has 1 aliphatic heterocycles. The first-order valence-corrected chi connectivity index (χ1v) is 8.88. The molecule has 7 nitrogen and oxygen atoms in total. The Labute approximate surface area is 156 Å². The van der Waals surface area contributed by atoms with Crippen molar-refractivity contribution < 1.29 is 14.7 Å². The molecular formula is C20H20N4O3. The highest BCUT2D eigenvalue weighted by Gasteiger charge is 2.41. The van der Waals surface area contributed by atoms with E-state index in [9.17, 15) is 14.7 Å². The van der Waals surface area contributed by atoms with Gasteiger partial charge in [0.1, 0.15) is 5.82 Å². The van der Waals surface area contributed by atoms with Gasteiger partial charge in [-0.15, -0.1) is 0 Å². The summed E-state index contributed by atoms with van der Waals surface area (Å²) < 4.78 is 0. The zero-order valence-corrected chi connectivity index (χ0v) is 14.9. The normalized spacial score (nSPS) is 19.5. The number of imidazole rings is 1. The Bertz CT molecular complexity index is 999. The lowest BCUT2D eigenvalue weighted by Gasteiger charge is -2.16. The smallest absolute Gasteiger partial charge is 0.309 e. The molecule has 2 aromatic heterocycles. The van der Waals surface area contributed by atoms with Crippen molar-refractivity contribution in [2.75, 3.05) is 13.1 Å². The summed E-state index contributed by atoms with van der Waals surface area (Å²) in [4.78, 5) is 37.9. The first kappa shape index (κ1) is 17.2. The molecule has 2 atom stereocenters. The van der Waals surface area contributed by atoms with Crippen LogP contribution in [0.15, 0.2) is 42.6 Å². The number of benzene rings is 1. The number of fused-ring (bicyclic) bond motifs is 1. The van der Waals surface area contributed by atoms with Crippen LogP contribution in [0.5, 0.6) is 0 Å². The van der Waals surface area contributed by atoms with Gasteiger partial charge in [-0.1, -0.05) is 12.1 Å². The fourth-order valence-corrected chi connectivity index (χ4v) is 3.73. The molecule has 138 valence electrons. The number of aromatic nitrogens is 3. The predicted octanol–water partition coefficient (Wildman–Crippen LogP) is 2.14. The summed E-state index contributed by atoms with van der Waals surface area (Å²) in [5.41, 5.74) is 3.36. The number of hydrogen-bond acceptors (Lipinski definition) is 4. The van der Waals surface area contributed by atoms with Crippen molar-refractivity contribution >= 4 is 22.9 Å². The van der Waals surface area contributed by atoms with Gasteiger partial charge in [0.25, 0.3) is 0 Å². The highest BCUT2D eigenvalue weighted by molar-refractivity contribution is 5.83. The number of carbonyl (C=O) groups is 2. The number of aliphatic carboxylic acids is 1. The number of nitrogens with zero attached hydrogens (tertiary/aromatic N) is 3. The molecule has 3 heterocycles. The van der Waals surface area contributed by atoms with Crippen molar-refractivity contribution in [3.63, 3.8) is 0 Å². The lowest BCUT2D eigenvalue weighted by atomic mass is 9.93. The molecule has 1 aliphatic rings. The first-order valence-electron chi connectivity index (χ1n) is 8.88. The molecule has 7 heteroatoms. The highest BCUT2D eigenvalue weighted by Crippen LogP contribution is 2.32. The van der Waals surface area contributed by atoms with E-state index in [0.717, 1.165) is 28.1 Å². The third kappa shape index (κ3) is 3.40. The zero-order valence-electron chi connectivity index (χ0n) is 14.9. The third-order valence-electron chi connectivity index (χ3n) is 5.08. The van der Waals surface area contributed by atoms with Gasteiger partial charge in [-0.2, -0.15) is 0 Å². The Balaban J connectivity index is 1.52. The molecule has 0 aliphatic carbocycles. The molecule has 1 amide bonds. The second kappa shape index (κ2) is 6.83.